The quantitative estimate of drug-likeness (QED) is 0.478. The lowest BCUT2D eigenvalue weighted by atomic mass is 9.63. The Morgan fingerprint density at radius 1 is 0.786 bits per heavy atom. The fourth-order valence-electron chi connectivity index (χ4n) is 6.81. The standard InChI is InChI=1S/C27H41F/c1-3-20-5-7-21(8-6-20)9-10-22-11-13-24-17-25(15-14-23(24)16-22)26-12-4-19(2)27(28)18-26/h4,12,18,20-25H,3,5-11,13-17H2,1-2H3. The summed E-state index contributed by atoms with van der Waals surface area (Å²) < 4.78 is 14.0. The maximum absolute atomic E-state index is 14.0. The van der Waals surface area contributed by atoms with Crippen LogP contribution < -0.4 is 0 Å². The van der Waals surface area contributed by atoms with Gasteiger partial charge in [-0.05, 0) is 91.7 Å². The Labute approximate surface area is 172 Å². The van der Waals surface area contributed by atoms with Gasteiger partial charge in [-0.25, -0.2) is 4.39 Å². The van der Waals surface area contributed by atoms with Gasteiger partial charge >= 0.3 is 0 Å². The number of fused-ring (bicyclic) bond motifs is 1. The molecular weight excluding hydrogens is 343 g/mol. The third-order valence-corrected chi connectivity index (χ3v) is 8.92. The molecule has 28 heavy (non-hydrogen) atoms. The van der Waals surface area contributed by atoms with Crippen molar-refractivity contribution in [2.75, 3.05) is 0 Å². The molecule has 0 bridgehead atoms. The largest absolute Gasteiger partial charge is 0.207 e. The normalized spacial score (nSPS) is 36.1. The molecule has 3 aliphatic carbocycles. The molecule has 0 saturated heterocycles. The maximum Gasteiger partial charge on any atom is 0.126 e. The van der Waals surface area contributed by atoms with Crippen molar-refractivity contribution in [1.82, 2.24) is 0 Å². The first-order valence-corrected chi connectivity index (χ1v) is 12.4. The summed E-state index contributed by atoms with van der Waals surface area (Å²) in [7, 11) is 0. The summed E-state index contributed by atoms with van der Waals surface area (Å²) in [6.45, 7) is 4.24. The Morgan fingerprint density at radius 3 is 2.18 bits per heavy atom. The zero-order valence-electron chi connectivity index (χ0n) is 18.3. The van der Waals surface area contributed by atoms with Gasteiger partial charge in [-0.3, -0.25) is 0 Å². The average molecular weight is 385 g/mol. The minimum absolute atomic E-state index is 0.0173. The van der Waals surface area contributed by atoms with Gasteiger partial charge in [0.25, 0.3) is 0 Å². The molecule has 0 heterocycles. The lowest BCUT2D eigenvalue weighted by molar-refractivity contribution is 0.108. The van der Waals surface area contributed by atoms with Crippen LogP contribution in [0, 0.1) is 42.3 Å². The molecule has 1 heteroatoms. The molecule has 4 atom stereocenters. The van der Waals surface area contributed by atoms with Crippen LogP contribution in [0.5, 0.6) is 0 Å². The molecule has 1 aromatic carbocycles. The molecule has 0 aromatic heterocycles. The second-order valence-electron chi connectivity index (χ2n) is 10.6. The summed E-state index contributed by atoms with van der Waals surface area (Å²) >= 11 is 0. The third kappa shape index (κ3) is 4.82. The molecule has 4 rings (SSSR count). The van der Waals surface area contributed by atoms with E-state index in [2.05, 4.69) is 13.0 Å². The first-order chi connectivity index (χ1) is 13.6. The molecular formula is C27H41F. The molecule has 4 unspecified atom stereocenters. The molecule has 0 amide bonds. The van der Waals surface area contributed by atoms with E-state index in [0.717, 1.165) is 35.2 Å². The van der Waals surface area contributed by atoms with Gasteiger partial charge in [0.05, 0.1) is 0 Å². The van der Waals surface area contributed by atoms with E-state index in [1.54, 1.807) is 0 Å². The zero-order chi connectivity index (χ0) is 19.5. The van der Waals surface area contributed by atoms with E-state index in [4.69, 9.17) is 0 Å². The summed E-state index contributed by atoms with van der Waals surface area (Å²) in [4.78, 5) is 0. The predicted octanol–water partition coefficient (Wildman–Crippen LogP) is 8.43. The van der Waals surface area contributed by atoms with Crippen LogP contribution in [0.25, 0.3) is 0 Å². The van der Waals surface area contributed by atoms with E-state index in [9.17, 15) is 4.39 Å². The average Bonchev–Trinajstić information content (AvgIpc) is 2.74. The van der Waals surface area contributed by atoms with Crippen LogP contribution in [0.15, 0.2) is 18.2 Å². The Balaban J connectivity index is 1.23. The summed E-state index contributed by atoms with van der Waals surface area (Å²) in [6.07, 6.45) is 18.7. The van der Waals surface area contributed by atoms with Crippen molar-refractivity contribution >= 4 is 0 Å². The SMILES string of the molecule is CCC1CCC(CCC2CCC3CC(c4ccc(C)c(F)c4)CCC3C2)CC1. The number of halogens is 1. The summed E-state index contributed by atoms with van der Waals surface area (Å²) in [5, 5.41) is 0. The number of hydrogen-bond acceptors (Lipinski definition) is 0. The first kappa shape index (κ1) is 20.4. The summed E-state index contributed by atoms with van der Waals surface area (Å²) in [6, 6.07) is 5.98. The van der Waals surface area contributed by atoms with Crippen LogP contribution in [0.1, 0.15) is 107 Å². The minimum atomic E-state index is -0.0173. The number of aryl methyl sites for hydroxylation is 1. The molecule has 0 aliphatic heterocycles. The lowest BCUT2D eigenvalue weighted by Gasteiger charge is -2.43. The van der Waals surface area contributed by atoms with Gasteiger partial charge in [-0.2, -0.15) is 0 Å². The van der Waals surface area contributed by atoms with E-state index < -0.39 is 0 Å². The van der Waals surface area contributed by atoms with E-state index in [0.29, 0.717) is 5.92 Å². The van der Waals surface area contributed by atoms with Crippen molar-refractivity contribution in [2.45, 2.75) is 103 Å². The predicted molar refractivity (Wildman–Crippen MR) is 117 cm³/mol. The number of hydrogen-bond donors (Lipinski definition) is 0. The highest BCUT2D eigenvalue weighted by Gasteiger charge is 2.36. The van der Waals surface area contributed by atoms with Gasteiger partial charge in [0.2, 0.25) is 0 Å². The zero-order valence-corrected chi connectivity index (χ0v) is 18.3. The molecule has 0 spiro atoms. The number of benzene rings is 1. The van der Waals surface area contributed by atoms with Gasteiger partial charge in [0, 0.05) is 0 Å². The Hall–Kier alpha value is -0.850. The maximum atomic E-state index is 14.0. The van der Waals surface area contributed by atoms with Crippen LogP contribution >= 0.6 is 0 Å². The van der Waals surface area contributed by atoms with Crippen molar-refractivity contribution in [1.29, 1.82) is 0 Å². The highest BCUT2D eigenvalue weighted by Crippen LogP contribution is 2.49. The van der Waals surface area contributed by atoms with Gasteiger partial charge in [0.1, 0.15) is 5.82 Å². The molecule has 3 saturated carbocycles. The Morgan fingerprint density at radius 2 is 1.43 bits per heavy atom. The van der Waals surface area contributed by atoms with Crippen molar-refractivity contribution < 1.29 is 4.39 Å². The molecule has 1 aromatic rings. The van der Waals surface area contributed by atoms with E-state index in [1.165, 1.54) is 89.0 Å². The molecule has 0 radical (unpaired) electrons. The molecule has 0 N–H and O–H groups in total. The van der Waals surface area contributed by atoms with Gasteiger partial charge in [-0.1, -0.05) is 70.4 Å². The molecule has 3 fully saturated rings. The highest BCUT2D eigenvalue weighted by atomic mass is 19.1. The second-order valence-corrected chi connectivity index (χ2v) is 10.6. The van der Waals surface area contributed by atoms with Gasteiger partial charge in [0.15, 0.2) is 0 Å². The highest BCUT2D eigenvalue weighted by molar-refractivity contribution is 5.26. The van der Waals surface area contributed by atoms with Crippen molar-refractivity contribution in [3.8, 4) is 0 Å². The van der Waals surface area contributed by atoms with Crippen LogP contribution in [0.2, 0.25) is 0 Å². The number of rotatable bonds is 5. The van der Waals surface area contributed by atoms with E-state index >= 15 is 0 Å². The third-order valence-electron chi connectivity index (χ3n) is 8.92. The van der Waals surface area contributed by atoms with Crippen LogP contribution in [-0.4, -0.2) is 0 Å². The van der Waals surface area contributed by atoms with Crippen LogP contribution in [0.4, 0.5) is 4.39 Å². The monoisotopic (exact) mass is 384 g/mol. The Bertz CT molecular complexity index is 627. The van der Waals surface area contributed by atoms with Crippen LogP contribution in [-0.2, 0) is 0 Å². The van der Waals surface area contributed by atoms with E-state index in [-0.39, 0.29) is 5.82 Å². The molecule has 3 aliphatic rings. The van der Waals surface area contributed by atoms with E-state index in [1.807, 2.05) is 19.1 Å². The Kier molecular flexibility index (Phi) is 6.79. The smallest absolute Gasteiger partial charge is 0.126 e. The fourth-order valence-corrected chi connectivity index (χ4v) is 6.81. The topological polar surface area (TPSA) is 0 Å². The summed E-state index contributed by atoms with van der Waals surface area (Å²) in [5.74, 6) is 5.51. The van der Waals surface area contributed by atoms with Gasteiger partial charge in [-0.15, -0.1) is 0 Å². The molecule has 0 nitrogen and oxygen atoms in total. The van der Waals surface area contributed by atoms with Crippen molar-refractivity contribution in [3.63, 3.8) is 0 Å². The summed E-state index contributed by atoms with van der Waals surface area (Å²) in [5.41, 5.74) is 2.03. The second kappa shape index (κ2) is 9.31. The lowest BCUT2D eigenvalue weighted by Crippen LogP contribution is -2.30. The van der Waals surface area contributed by atoms with Crippen molar-refractivity contribution in [2.24, 2.45) is 29.6 Å². The minimum Gasteiger partial charge on any atom is -0.207 e. The van der Waals surface area contributed by atoms with Gasteiger partial charge < -0.3 is 0 Å². The van der Waals surface area contributed by atoms with Crippen molar-refractivity contribution in [3.05, 3.63) is 35.1 Å². The molecule has 156 valence electrons. The fraction of sp³-hybridized carbons (Fsp3) is 0.778. The van der Waals surface area contributed by atoms with Crippen LogP contribution in [0.3, 0.4) is 0 Å². The first-order valence-electron chi connectivity index (χ1n) is 12.4.